The molecule has 1 atom stereocenters. The van der Waals surface area contributed by atoms with Gasteiger partial charge in [0.2, 0.25) is 0 Å². The van der Waals surface area contributed by atoms with Crippen LogP contribution in [0.3, 0.4) is 0 Å². The Balaban J connectivity index is 1.69. The maximum atomic E-state index is 12.5. The van der Waals surface area contributed by atoms with E-state index >= 15 is 0 Å². The van der Waals surface area contributed by atoms with Gasteiger partial charge in [0, 0.05) is 29.9 Å². The summed E-state index contributed by atoms with van der Waals surface area (Å²) in [6.45, 7) is -0.245. The Bertz CT molecular complexity index is 1260. The molecule has 0 spiro atoms. The lowest BCUT2D eigenvalue weighted by molar-refractivity contribution is -0.120. The molecular formula is C22H21N7O3. The second-order valence-electron chi connectivity index (χ2n) is 8.05. The largest absolute Gasteiger partial charge is 0.376 e. The molecule has 1 fully saturated rings. The lowest BCUT2D eigenvalue weighted by Crippen LogP contribution is -2.31. The lowest BCUT2D eigenvalue weighted by atomic mass is 9.96. The third-order valence-electron chi connectivity index (χ3n) is 6.28. The Kier molecular flexibility index (Phi) is 5.03. The molecule has 0 unspecified atom stereocenters. The predicted octanol–water partition coefficient (Wildman–Crippen LogP) is 2.32. The Hall–Kier alpha value is -3.84. The van der Waals surface area contributed by atoms with Gasteiger partial charge in [0.05, 0.1) is 29.8 Å². The number of aromatic nitrogens is 5. The summed E-state index contributed by atoms with van der Waals surface area (Å²) in [6.07, 6.45) is 11.8. The van der Waals surface area contributed by atoms with E-state index in [1.54, 1.807) is 27.7 Å². The number of aliphatic hydroxyl groups excluding tert-OH is 1. The quantitative estimate of drug-likeness (QED) is 0.593. The summed E-state index contributed by atoms with van der Waals surface area (Å²) < 4.78 is 3.29. The number of fused-ring (bicyclic) bond motifs is 1. The van der Waals surface area contributed by atoms with E-state index in [-0.39, 0.29) is 25.0 Å². The van der Waals surface area contributed by atoms with Gasteiger partial charge in [-0.05, 0) is 24.8 Å². The van der Waals surface area contributed by atoms with Crippen molar-refractivity contribution in [1.82, 2.24) is 24.3 Å². The number of amides is 2. The molecule has 5 rings (SSSR count). The predicted molar refractivity (Wildman–Crippen MR) is 114 cm³/mol. The summed E-state index contributed by atoms with van der Waals surface area (Å²) in [7, 11) is 0. The summed E-state index contributed by atoms with van der Waals surface area (Å²) in [5.41, 5.74) is 1.52. The number of nitrogens with zero attached hydrogens (tertiary/aromatic N) is 7. The van der Waals surface area contributed by atoms with Gasteiger partial charge in [-0.15, -0.1) is 0 Å². The minimum atomic E-state index is -0.475. The fourth-order valence-corrected chi connectivity index (χ4v) is 4.74. The molecule has 162 valence electrons. The van der Waals surface area contributed by atoms with Crippen LogP contribution < -0.4 is 4.90 Å². The Labute approximate surface area is 183 Å². The van der Waals surface area contributed by atoms with Crippen molar-refractivity contribution in [1.29, 1.82) is 5.26 Å². The molecule has 1 saturated carbocycles. The van der Waals surface area contributed by atoms with E-state index in [0.717, 1.165) is 30.6 Å². The summed E-state index contributed by atoms with van der Waals surface area (Å²) in [5, 5.41) is 24.4. The number of rotatable bonds is 6. The van der Waals surface area contributed by atoms with Gasteiger partial charge in [-0.1, -0.05) is 12.8 Å². The number of hydrogen-bond acceptors (Lipinski definition) is 7. The van der Waals surface area contributed by atoms with Crippen LogP contribution in [0.5, 0.6) is 0 Å². The molecule has 0 radical (unpaired) electrons. The van der Waals surface area contributed by atoms with Gasteiger partial charge in [0.1, 0.15) is 18.7 Å². The molecule has 0 bridgehead atoms. The highest BCUT2D eigenvalue weighted by molar-refractivity contribution is 6.28. The van der Waals surface area contributed by atoms with Gasteiger partial charge in [-0.2, -0.15) is 10.4 Å². The van der Waals surface area contributed by atoms with E-state index in [0.29, 0.717) is 28.2 Å². The standard InChI is InChI=1S/C22H21N7O3/c23-9-7-17(14-3-1-2-4-14)28-11-16(22(26-28)29-18(31)5-6-19(29)32)20-15-8-10-27(13-30)21(15)25-12-24-20/h5-6,8,10-12,14,17,30H,1-4,7,13H2/t17-/m1/s1. The molecule has 2 aliphatic rings. The first-order valence-electron chi connectivity index (χ1n) is 10.6. The average molecular weight is 431 g/mol. The first-order valence-corrected chi connectivity index (χ1v) is 10.6. The SMILES string of the molecule is N#CC[C@H](C1CCCC1)n1cc(-c2ncnc3c2ccn3CO)c(N2C(=O)C=CC2=O)n1. The fourth-order valence-electron chi connectivity index (χ4n) is 4.74. The smallest absolute Gasteiger partial charge is 0.259 e. The topological polar surface area (TPSA) is 130 Å². The van der Waals surface area contributed by atoms with Gasteiger partial charge in [0.15, 0.2) is 5.82 Å². The van der Waals surface area contributed by atoms with Crippen molar-refractivity contribution < 1.29 is 14.7 Å². The number of carbonyl (C=O) groups excluding carboxylic acids is 2. The normalized spacial score (nSPS) is 17.6. The van der Waals surface area contributed by atoms with Crippen LogP contribution in [-0.2, 0) is 16.3 Å². The molecule has 0 aromatic carbocycles. The van der Waals surface area contributed by atoms with E-state index in [1.165, 1.54) is 18.5 Å². The molecule has 4 heterocycles. The van der Waals surface area contributed by atoms with Gasteiger partial charge >= 0.3 is 0 Å². The molecule has 32 heavy (non-hydrogen) atoms. The third-order valence-corrected chi connectivity index (χ3v) is 6.28. The molecule has 2 amide bonds. The van der Waals surface area contributed by atoms with E-state index in [9.17, 15) is 20.0 Å². The Morgan fingerprint density at radius 1 is 1.19 bits per heavy atom. The first-order chi connectivity index (χ1) is 15.6. The number of imide groups is 1. The van der Waals surface area contributed by atoms with Crippen molar-refractivity contribution in [2.45, 2.75) is 44.9 Å². The fraction of sp³-hybridized carbons (Fsp3) is 0.364. The van der Waals surface area contributed by atoms with E-state index < -0.39 is 11.8 Å². The molecule has 1 aliphatic heterocycles. The van der Waals surface area contributed by atoms with Crippen molar-refractivity contribution in [3.63, 3.8) is 0 Å². The molecule has 1 aliphatic carbocycles. The van der Waals surface area contributed by atoms with Crippen LogP contribution in [0.4, 0.5) is 5.82 Å². The zero-order valence-electron chi connectivity index (χ0n) is 17.3. The average Bonchev–Trinajstić information content (AvgIpc) is 3.58. The van der Waals surface area contributed by atoms with Gasteiger partial charge in [0.25, 0.3) is 11.8 Å². The van der Waals surface area contributed by atoms with Crippen LogP contribution in [0.2, 0.25) is 0 Å². The van der Waals surface area contributed by atoms with Gasteiger partial charge in [-0.25, -0.2) is 14.9 Å². The maximum Gasteiger partial charge on any atom is 0.259 e. The molecule has 10 heteroatoms. The van der Waals surface area contributed by atoms with Gasteiger partial charge in [-0.3, -0.25) is 14.3 Å². The monoisotopic (exact) mass is 431 g/mol. The molecule has 1 N–H and O–H groups in total. The number of aliphatic hydroxyl groups is 1. The van der Waals surface area contributed by atoms with Crippen LogP contribution in [0.15, 0.2) is 36.9 Å². The lowest BCUT2D eigenvalue weighted by Gasteiger charge is -2.21. The van der Waals surface area contributed by atoms with Crippen molar-refractivity contribution in [3.8, 4) is 17.3 Å². The van der Waals surface area contributed by atoms with Gasteiger partial charge < -0.3 is 9.67 Å². The van der Waals surface area contributed by atoms with E-state index in [2.05, 4.69) is 21.1 Å². The molecule has 0 saturated heterocycles. The van der Waals surface area contributed by atoms with Crippen molar-refractivity contribution in [2.24, 2.45) is 5.92 Å². The highest BCUT2D eigenvalue weighted by Gasteiger charge is 2.34. The second-order valence-corrected chi connectivity index (χ2v) is 8.05. The highest BCUT2D eigenvalue weighted by atomic mass is 16.3. The summed E-state index contributed by atoms with van der Waals surface area (Å²) in [4.78, 5) is 34.7. The molecular weight excluding hydrogens is 410 g/mol. The zero-order chi connectivity index (χ0) is 22.2. The highest BCUT2D eigenvalue weighted by Crippen LogP contribution is 2.40. The number of carbonyl (C=O) groups is 2. The van der Waals surface area contributed by atoms with Crippen LogP contribution in [-0.4, -0.2) is 41.2 Å². The maximum absolute atomic E-state index is 12.5. The van der Waals surface area contributed by atoms with Crippen LogP contribution in [0.25, 0.3) is 22.3 Å². The molecule has 10 nitrogen and oxygen atoms in total. The Morgan fingerprint density at radius 2 is 1.94 bits per heavy atom. The van der Waals surface area contributed by atoms with Crippen molar-refractivity contribution in [3.05, 3.63) is 36.9 Å². The van der Waals surface area contributed by atoms with E-state index in [4.69, 9.17) is 0 Å². The minimum absolute atomic E-state index is 0.157. The Morgan fingerprint density at radius 3 is 2.62 bits per heavy atom. The first kappa shape index (κ1) is 20.1. The summed E-state index contributed by atoms with van der Waals surface area (Å²) in [6, 6.07) is 3.88. The minimum Gasteiger partial charge on any atom is -0.376 e. The third kappa shape index (κ3) is 3.18. The summed E-state index contributed by atoms with van der Waals surface area (Å²) in [5.74, 6) is -0.461. The molecule has 3 aromatic heterocycles. The van der Waals surface area contributed by atoms with Crippen molar-refractivity contribution in [2.75, 3.05) is 4.90 Å². The van der Waals surface area contributed by atoms with E-state index in [1.807, 2.05) is 0 Å². The van der Waals surface area contributed by atoms with Crippen LogP contribution in [0, 0.1) is 17.2 Å². The zero-order valence-corrected chi connectivity index (χ0v) is 17.3. The number of nitriles is 1. The number of hydrogen-bond donors (Lipinski definition) is 1. The second kappa shape index (κ2) is 8.01. The van der Waals surface area contributed by atoms with Crippen molar-refractivity contribution >= 4 is 28.7 Å². The summed E-state index contributed by atoms with van der Waals surface area (Å²) >= 11 is 0. The van der Waals surface area contributed by atoms with Crippen LogP contribution >= 0.6 is 0 Å². The number of anilines is 1. The van der Waals surface area contributed by atoms with Crippen LogP contribution in [0.1, 0.15) is 38.1 Å². The molecule has 3 aromatic rings.